The molecule has 21 heavy (non-hydrogen) atoms. The van der Waals surface area contributed by atoms with E-state index in [2.05, 4.69) is 12.2 Å². The third-order valence-electron chi connectivity index (χ3n) is 5.08. The van der Waals surface area contributed by atoms with Crippen LogP contribution in [0.25, 0.3) is 0 Å². The van der Waals surface area contributed by atoms with E-state index in [-0.39, 0.29) is 11.8 Å². The molecule has 0 aromatic carbocycles. The van der Waals surface area contributed by atoms with Gasteiger partial charge in [0.05, 0.1) is 0 Å². The molecule has 1 N–H and O–H groups in total. The number of fused-ring (bicyclic) bond motifs is 3. The number of aliphatic carboxylic acids is 1. The highest BCUT2D eigenvalue weighted by Gasteiger charge is 2.45. The van der Waals surface area contributed by atoms with E-state index in [0.717, 1.165) is 29.7 Å². The second-order valence-electron chi connectivity index (χ2n) is 6.21. The zero-order chi connectivity index (χ0) is 14.6. The summed E-state index contributed by atoms with van der Waals surface area (Å²) in [6.07, 6.45) is 7.08. The summed E-state index contributed by atoms with van der Waals surface area (Å²) in [5.41, 5.74) is 0.811. The van der Waals surface area contributed by atoms with Crippen LogP contribution in [0.5, 0.6) is 0 Å². The molecule has 1 fully saturated rings. The van der Waals surface area contributed by atoms with Crippen molar-refractivity contribution in [3.8, 4) is 0 Å². The van der Waals surface area contributed by atoms with Crippen LogP contribution in [0.3, 0.4) is 0 Å². The summed E-state index contributed by atoms with van der Waals surface area (Å²) in [5.74, 6) is -0.0472. The summed E-state index contributed by atoms with van der Waals surface area (Å²) in [5, 5.41) is 11.5. The Bertz CT molecular complexity index is 635. The van der Waals surface area contributed by atoms with E-state index < -0.39 is 12.0 Å². The molecule has 4 nitrogen and oxygen atoms in total. The van der Waals surface area contributed by atoms with Crippen LogP contribution in [-0.2, 0) is 16.0 Å². The van der Waals surface area contributed by atoms with Crippen molar-refractivity contribution in [2.45, 2.75) is 25.3 Å². The number of carboxylic acids is 1. The Morgan fingerprint density at radius 1 is 1.29 bits per heavy atom. The van der Waals surface area contributed by atoms with Gasteiger partial charge in [-0.2, -0.15) is 0 Å². The van der Waals surface area contributed by atoms with E-state index in [4.69, 9.17) is 0 Å². The van der Waals surface area contributed by atoms with Crippen LogP contribution in [0.15, 0.2) is 23.6 Å². The van der Waals surface area contributed by atoms with Gasteiger partial charge in [-0.3, -0.25) is 4.79 Å². The van der Waals surface area contributed by atoms with Crippen molar-refractivity contribution in [2.24, 2.45) is 17.8 Å². The maximum absolute atomic E-state index is 12.9. The minimum absolute atomic E-state index is 0.0120. The molecule has 1 aromatic rings. The highest BCUT2D eigenvalue weighted by atomic mass is 32.1. The molecule has 1 aromatic heterocycles. The van der Waals surface area contributed by atoms with Gasteiger partial charge >= 0.3 is 5.97 Å². The van der Waals surface area contributed by atoms with Gasteiger partial charge < -0.3 is 10.0 Å². The molecule has 1 amide bonds. The Morgan fingerprint density at radius 3 is 2.81 bits per heavy atom. The standard InChI is InChI=1S/C16H17NO3S/c18-15(12-8-9-1-2-10(12)7-9)17-5-3-13-11(4-6-21-13)14(17)16(19)20/h1-2,4,6,9-10,12,14H,3,5,7-8H2,(H,19,20). The molecule has 2 heterocycles. The first-order chi connectivity index (χ1) is 10.1. The van der Waals surface area contributed by atoms with Gasteiger partial charge in [-0.05, 0) is 48.1 Å². The van der Waals surface area contributed by atoms with Gasteiger partial charge in [-0.15, -0.1) is 11.3 Å². The Balaban J connectivity index is 1.64. The van der Waals surface area contributed by atoms with Gasteiger partial charge in [-0.25, -0.2) is 4.79 Å². The van der Waals surface area contributed by atoms with Crippen molar-refractivity contribution >= 4 is 23.2 Å². The lowest BCUT2D eigenvalue weighted by molar-refractivity contribution is -0.153. The molecule has 0 saturated heterocycles. The van der Waals surface area contributed by atoms with Crippen molar-refractivity contribution in [1.29, 1.82) is 0 Å². The summed E-state index contributed by atoms with van der Waals surface area (Å²) >= 11 is 1.59. The van der Waals surface area contributed by atoms with Crippen molar-refractivity contribution in [3.05, 3.63) is 34.0 Å². The number of carbonyl (C=O) groups excluding carboxylic acids is 1. The molecule has 1 aliphatic heterocycles. The van der Waals surface area contributed by atoms with E-state index in [1.54, 1.807) is 16.2 Å². The number of hydrogen-bond acceptors (Lipinski definition) is 3. The lowest BCUT2D eigenvalue weighted by Crippen LogP contribution is -2.46. The second-order valence-corrected chi connectivity index (χ2v) is 7.21. The van der Waals surface area contributed by atoms with Crippen molar-refractivity contribution < 1.29 is 14.7 Å². The van der Waals surface area contributed by atoms with Crippen molar-refractivity contribution in [2.75, 3.05) is 6.54 Å². The van der Waals surface area contributed by atoms with Gasteiger partial charge in [0.15, 0.2) is 6.04 Å². The zero-order valence-electron chi connectivity index (χ0n) is 11.6. The number of carboxylic acid groups (broad SMARTS) is 1. The molecule has 4 rings (SSSR count). The fourth-order valence-electron chi connectivity index (χ4n) is 4.10. The molecule has 3 aliphatic rings. The Morgan fingerprint density at radius 2 is 2.14 bits per heavy atom. The number of allylic oxidation sites excluding steroid dienone is 2. The summed E-state index contributed by atoms with van der Waals surface area (Å²) in [7, 11) is 0. The number of amides is 1. The van der Waals surface area contributed by atoms with Gasteiger partial charge in [-0.1, -0.05) is 12.2 Å². The topological polar surface area (TPSA) is 57.6 Å². The molecule has 2 aliphatic carbocycles. The number of carbonyl (C=O) groups is 2. The largest absolute Gasteiger partial charge is 0.479 e. The zero-order valence-corrected chi connectivity index (χ0v) is 12.4. The van der Waals surface area contributed by atoms with Crippen LogP contribution >= 0.6 is 11.3 Å². The van der Waals surface area contributed by atoms with E-state index >= 15 is 0 Å². The second kappa shape index (κ2) is 4.70. The van der Waals surface area contributed by atoms with Crippen LogP contribution in [0.2, 0.25) is 0 Å². The first-order valence-corrected chi connectivity index (χ1v) is 8.31. The lowest BCUT2D eigenvalue weighted by atomic mass is 9.90. The molecular weight excluding hydrogens is 286 g/mol. The quantitative estimate of drug-likeness (QED) is 0.854. The minimum Gasteiger partial charge on any atom is -0.479 e. The Kier molecular flexibility index (Phi) is 2.92. The molecule has 5 heteroatoms. The molecule has 110 valence electrons. The van der Waals surface area contributed by atoms with E-state index in [0.29, 0.717) is 18.4 Å². The number of rotatable bonds is 2. The average molecular weight is 303 g/mol. The van der Waals surface area contributed by atoms with Gasteiger partial charge in [0.1, 0.15) is 0 Å². The maximum atomic E-state index is 12.9. The third-order valence-corrected chi connectivity index (χ3v) is 6.08. The first-order valence-electron chi connectivity index (χ1n) is 7.43. The van der Waals surface area contributed by atoms with Crippen LogP contribution in [0.4, 0.5) is 0 Å². The summed E-state index contributed by atoms with van der Waals surface area (Å²) in [6, 6.07) is 1.06. The predicted molar refractivity (Wildman–Crippen MR) is 79.0 cm³/mol. The smallest absolute Gasteiger partial charge is 0.331 e. The summed E-state index contributed by atoms with van der Waals surface area (Å²) in [4.78, 5) is 27.3. The first kappa shape index (κ1) is 13.1. The van der Waals surface area contributed by atoms with E-state index in [9.17, 15) is 14.7 Å². The molecule has 0 spiro atoms. The molecule has 1 saturated carbocycles. The number of nitrogens with zero attached hydrogens (tertiary/aromatic N) is 1. The highest BCUT2D eigenvalue weighted by molar-refractivity contribution is 7.10. The van der Waals surface area contributed by atoms with Gasteiger partial charge in [0.2, 0.25) is 5.91 Å². The fraction of sp³-hybridized carbons (Fsp3) is 0.500. The van der Waals surface area contributed by atoms with Crippen molar-refractivity contribution in [3.63, 3.8) is 0 Å². The Hall–Kier alpha value is -1.62. The highest BCUT2D eigenvalue weighted by Crippen LogP contribution is 2.45. The minimum atomic E-state index is -0.915. The Labute approximate surface area is 127 Å². The average Bonchev–Trinajstić information content (AvgIpc) is 3.20. The van der Waals surface area contributed by atoms with Gasteiger partial charge in [0.25, 0.3) is 0 Å². The molecule has 4 atom stereocenters. The SMILES string of the molecule is O=C(O)C1c2ccsc2CCN1C(=O)C1CC2C=CC1C2. The molecule has 2 bridgehead atoms. The lowest BCUT2D eigenvalue weighted by Gasteiger charge is -2.36. The number of hydrogen-bond donors (Lipinski definition) is 1. The van der Waals surface area contributed by atoms with Crippen LogP contribution < -0.4 is 0 Å². The monoisotopic (exact) mass is 303 g/mol. The number of thiophene rings is 1. The van der Waals surface area contributed by atoms with Gasteiger partial charge in [0, 0.05) is 17.3 Å². The van der Waals surface area contributed by atoms with Crippen LogP contribution in [-0.4, -0.2) is 28.4 Å². The normalized spacial score (nSPS) is 33.2. The molecular formula is C16H17NO3S. The summed E-state index contributed by atoms with van der Waals surface area (Å²) in [6.45, 7) is 0.529. The van der Waals surface area contributed by atoms with E-state index in [1.165, 1.54) is 0 Å². The summed E-state index contributed by atoms with van der Waals surface area (Å²) < 4.78 is 0. The van der Waals surface area contributed by atoms with Crippen LogP contribution in [0, 0.1) is 17.8 Å². The molecule has 4 unspecified atom stereocenters. The third kappa shape index (κ3) is 1.94. The predicted octanol–water partition coefficient (Wildman–Crippen LogP) is 2.47. The van der Waals surface area contributed by atoms with Crippen LogP contribution in [0.1, 0.15) is 29.3 Å². The molecule has 0 radical (unpaired) electrons. The fourth-order valence-corrected chi connectivity index (χ4v) is 5.00. The maximum Gasteiger partial charge on any atom is 0.331 e. The van der Waals surface area contributed by atoms with E-state index in [1.807, 2.05) is 11.4 Å². The van der Waals surface area contributed by atoms with Crippen molar-refractivity contribution in [1.82, 2.24) is 4.90 Å².